The van der Waals surface area contributed by atoms with Crippen LogP contribution in [0.1, 0.15) is 43.0 Å². The summed E-state index contributed by atoms with van der Waals surface area (Å²) in [7, 11) is -0.867. The van der Waals surface area contributed by atoms with Gasteiger partial charge in [0.1, 0.15) is 0 Å². The van der Waals surface area contributed by atoms with E-state index in [2.05, 4.69) is 41.3 Å². The van der Waals surface area contributed by atoms with Gasteiger partial charge in [0.05, 0.1) is 36.5 Å². The van der Waals surface area contributed by atoms with Gasteiger partial charge in [-0.1, -0.05) is 37.3 Å². The lowest BCUT2D eigenvalue weighted by Gasteiger charge is -2.55. The molecule has 214 valence electrons. The molecule has 2 fully saturated rings. The summed E-state index contributed by atoms with van der Waals surface area (Å²) in [5.41, 5.74) is 4.56. The molecule has 0 N–H and O–H groups in total. The molecule has 0 radical (unpaired) electrons. The lowest BCUT2D eigenvalue weighted by Crippen LogP contribution is -2.56. The maximum absolute atomic E-state index is 13.8. The van der Waals surface area contributed by atoms with Crippen LogP contribution in [-0.4, -0.2) is 69.8 Å². The van der Waals surface area contributed by atoms with E-state index in [1.54, 1.807) is 23.3 Å². The maximum Gasteiger partial charge on any atom is 0.323 e. The zero-order valence-electron chi connectivity index (χ0n) is 23.5. The molecule has 2 aliphatic carbocycles. The standard InChI is InChI=1S/C30H34N6O4S/c1-21-26-10-9-25-27(22-19-32-35(20-22)24-11-15-31-16-12-24)36(41(37,38)34(2)3)33-28(25)29(26,23-7-5-4-6-8-23)13-14-30(21)39-17-18-40-30/h4-8,11-12,15-16,19-21,26H,9-10,13-14,17-18H2,1-3H3. The second-order valence-electron chi connectivity index (χ2n) is 11.5. The number of nitrogens with zero attached hydrogens (tertiary/aromatic N) is 6. The molecule has 1 aliphatic heterocycles. The number of hydrogen-bond donors (Lipinski definition) is 0. The molecule has 1 aromatic carbocycles. The van der Waals surface area contributed by atoms with Gasteiger partial charge in [-0.25, -0.2) is 4.68 Å². The fraction of sp³-hybridized carbons (Fsp3) is 0.433. The van der Waals surface area contributed by atoms with Crippen LogP contribution in [-0.2, 0) is 31.5 Å². The first-order valence-corrected chi connectivity index (χ1v) is 15.5. The zero-order valence-corrected chi connectivity index (χ0v) is 24.3. The smallest absolute Gasteiger partial charge is 0.323 e. The number of pyridine rings is 1. The summed E-state index contributed by atoms with van der Waals surface area (Å²) in [5, 5.41) is 9.63. The van der Waals surface area contributed by atoms with Crippen LogP contribution >= 0.6 is 0 Å². The molecule has 3 atom stereocenters. The minimum absolute atomic E-state index is 0.0978. The van der Waals surface area contributed by atoms with Crippen LogP contribution in [0.5, 0.6) is 0 Å². The van der Waals surface area contributed by atoms with Gasteiger partial charge in [0.15, 0.2) is 5.79 Å². The normalized spacial score (nSPS) is 25.4. The van der Waals surface area contributed by atoms with Crippen molar-refractivity contribution in [3.63, 3.8) is 0 Å². The van der Waals surface area contributed by atoms with Gasteiger partial charge < -0.3 is 9.47 Å². The number of aromatic nitrogens is 5. The highest BCUT2D eigenvalue weighted by molar-refractivity contribution is 7.87. The highest BCUT2D eigenvalue weighted by Gasteiger charge is 2.61. The molecular formula is C30H34N6O4S. The average molecular weight is 575 g/mol. The lowest BCUT2D eigenvalue weighted by molar-refractivity contribution is -0.232. The van der Waals surface area contributed by atoms with Gasteiger partial charge >= 0.3 is 10.2 Å². The zero-order chi connectivity index (χ0) is 28.4. The van der Waals surface area contributed by atoms with Crippen molar-refractivity contribution in [3.8, 4) is 16.9 Å². The Balaban J connectivity index is 1.46. The fourth-order valence-electron chi connectivity index (χ4n) is 7.43. The van der Waals surface area contributed by atoms with Crippen LogP contribution in [0, 0.1) is 11.8 Å². The fourth-order valence-corrected chi connectivity index (χ4v) is 8.37. The second kappa shape index (κ2) is 9.59. The third-order valence-corrected chi connectivity index (χ3v) is 11.0. The predicted octanol–water partition coefficient (Wildman–Crippen LogP) is 3.81. The number of benzene rings is 1. The van der Waals surface area contributed by atoms with Crippen molar-refractivity contribution in [2.24, 2.45) is 11.8 Å². The van der Waals surface area contributed by atoms with Gasteiger partial charge in [0.2, 0.25) is 0 Å². The van der Waals surface area contributed by atoms with E-state index in [-0.39, 0.29) is 11.8 Å². The average Bonchev–Trinajstić information content (AvgIpc) is 3.75. The van der Waals surface area contributed by atoms with Gasteiger partial charge in [-0.3, -0.25) is 4.98 Å². The molecule has 1 spiro atoms. The molecule has 3 aromatic heterocycles. The van der Waals surface area contributed by atoms with E-state index < -0.39 is 21.4 Å². The van der Waals surface area contributed by atoms with E-state index in [1.165, 1.54) is 22.5 Å². The molecule has 3 aliphatic rings. The van der Waals surface area contributed by atoms with E-state index in [9.17, 15) is 8.42 Å². The van der Waals surface area contributed by atoms with Crippen molar-refractivity contribution in [2.75, 3.05) is 27.3 Å². The Labute approximate surface area is 240 Å². The lowest BCUT2D eigenvalue weighted by atomic mass is 9.52. The first-order valence-electron chi connectivity index (χ1n) is 14.1. The Morgan fingerprint density at radius 3 is 2.46 bits per heavy atom. The number of rotatable bonds is 5. The van der Waals surface area contributed by atoms with Gasteiger partial charge in [0, 0.05) is 61.6 Å². The third kappa shape index (κ3) is 3.86. The number of fused-ring (bicyclic) bond motifs is 3. The van der Waals surface area contributed by atoms with Crippen molar-refractivity contribution in [3.05, 3.63) is 84.1 Å². The molecule has 10 nitrogen and oxygen atoms in total. The highest BCUT2D eigenvalue weighted by Crippen LogP contribution is 2.60. The summed E-state index contributed by atoms with van der Waals surface area (Å²) in [6.45, 7) is 3.43. The molecule has 1 saturated carbocycles. The van der Waals surface area contributed by atoms with Crippen molar-refractivity contribution in [1.82, 2.24) is 28.3 Å². The number of ether oxygens (including phenoxy) is 2. The maximum atomic E-state index is 13.8. The summed E-state index contributed by atoms with van der Waals surface area (Å²) < 4.78 is 44.4. The highest BCUT2D eigenvalue weighted by atomic mass is 32.2. The van der Waals surface area contributed by atoms with Gasteiger partial charge in [0.25, 0.3) is 0 Å². The molecule has 4 aromatic rings. The molecule has 3 unspecified atom stereocenters. The monoisotopic (exact) mass is 574 g/mol. The van der Waals surface area contributed by atoms with Crippen LogP contribution < -0.4 is 0 Å². The summed E-state index contributed by atoms with van der Waals surface area (Å²) in [5.74, 6) is -0.351. The van der Waals surface area contributed by atoms with Crippen molar-refractivity contribution >= 4 is 10.2 Å². The van der Waals surface area contributed by atoms with Crippen LogP contribution in [0.3, 0.4) is 0 Å². The van der Waals surface area contributed by atoms with E-state index in [4.69, 9.17) is 14.6 Å². The van der Waals surface area contributed by atoms with Crippen molar-refractivity contribution in [1.29, 1.82) is 0 Å². The largest absolute Gasteiger partial charge is 0.347 e. The Kier molecular flexibility index (Phi) is 6.20. The van der Waals surface area contributed by atoms with Gasteiger partial charge in [-0.2, -0.15) is 22.9 Å². The van der Waals surface area contributed by atoms with Crippen molar-refractivity contribution in [2.45, 2.75) is 43.8 Å². The molecule has 4 heterocycles. The van der Waals surface area contributed by atoms with E-state index in [1.807, 2.05) is 24.4 Å². The van der Waals surface area contributed by atoms with E-state index >= 15 is 0 Å². The molecule has 41 heavy (non-hydrogen) atoms. The Morgan fingerprint density at radius 2 is 1.76 bits per heavy atom. The molecular weight excluding hydrogens is 540 g/mol. The number of hydrogen-bond acceptors (Lipinski definition) is 7. The first kappa shape index (κ1) is 26.5. The Hall–Kier alpha value is -3.38. The van der Waals surface area contributed by atoms with Crippen LogP contribution in [0.2, 0.25) is 0 Å². The third-order valence-electron chi connectivity index (χ3n) is 9.41. The summed E-state index contributed by atoms with van der Waals surface area (Å²) in [6, 6.07) is 14.2. The second-order valence-corrected chi connectivity index (χ2v) is 13.4. The van der Waals surface area contributed by atoms with Gasteiger partial charge in [-0.15, -0.1) is 4.09 Å². The first-order chi connectivity index (χ1) is 19.8. The Morgan fingerprint density at radius 1 is 1.02 bits per heavy atom. The van der Waals surface area contributed by atoms with Crippen molar-refractivity contribution < 1.29 is 17.9 Å². The van der Waals surface area contributed by atoms with Gasteiger partial charge in [-0.05, 0) is 42.9 Å². The summed E-state index contributed by atoms with van der Waals surface area (Å²) in [6.07, 6.45) is 10.0. The Bertz CT molecular complexity index is 1680. The minimum Gasteiger partial charge on any atom is -0.347 e. The quantitative estimate of drug-likeness (QED) is 0.357. The van der Waals surface area contributed by atoms with Crippen LogP contribution in [0.15, 0.2) is 67.3 Å². The SMILES string of the molecule is CC1C2CCc3c(nn(S(=O)(=O)N(C)C)c3-c3cnn(-c4ccncc4)c3)C2(c2ccccc2)CCC12OCCO2. The van der Waals surface area contributed by atoms with Crippen LogP contribution in [0.4, 0.5) is 0 Å². The topological polar surface area (TPSA) is 104 Å². The van der Waals surface area contributed by atoms with E-state index in [0.29, 0.717) is 37.3 Å². The molecule has 0 amide bonds. The molecule has 7 rings (SSSR count). The molecule has 1 saturated heterocycles. The van der Waals surface area contributed by atoms with E-state index in [0.717, 1.165) is 35.3 Å². The van der Waals surface area contributed by atoms with Crippen LogP contribution in [0.25, 0.3) is 16.9 Å². The predicted molar refractivity (Wildman–Crippen MR) is 153 cm³/mol. The molecule has 11 heteroatoms. The summed E-state index contributed by atoms with van der Waals surface area (Å²) >= 11 is 0. The molecule has 0 bridgehead atoms. The summed E-state index contributed by atoms with van der Waals surface area (Å²) in [4.78, 5) is 4.10. The minimum atomic E-state index is -3.95.